The molecular formula is C26H30ClNO2. The maximum atomic E-state index is 9.43. The standard InChI is InChI=1S/C18H20ClNO2.C8H10/c1-11(2)22-15-7-5-12(3)18(10-15)20-13(4)16-8-6-14(21)9-17(16)19;1-2-8-6-4-3-5-7-8/h5-11,21H,1-4H3;3-7H,2H2,1H3. The lowest BCUT2D eigenvalue weighted by atomic mass is 10.1. The number of phenolic OH excluding ortho intramolecular Hbond substituents is 1. The number of ether oxygens (including phenoxy) is 1. The minimum atomic E-state index is 0.118. The van der Waals surface area contributed by atoms with Crippen LogP contribution in [0.2, 0.25) is 5.02 Å². The van der Waals surface area contributed by atoms with Crippen molar-refractivity contribution in [3.63, 3.8) is 0 Å². The number of phenols is 1. The van der Waals surface area contributed by atoms with Crippen molar-refractivity contribution in [1.29, 1.82) is 0 Å². The Hall–Kier alpha value is -2.78. The van der Waals surface area contributed by atoms with Crippen LogP contribution in [0.1, 0.15) is 44.4 Å². The first-order valence-electron chi connectivity index (χ1n) is 10.2. The van der Waals surface area contributed by atoms with Gasteiger partial charge in [-0.05, 0) is 69.5 Å². The minimum Gasteiger partial charge on any atom is -0.508 e. The van der Waals surface area contributed by atoms with E-state index in [1.165, 1.54) is 11.6 Å². The van der Waals surface area contributed by atoms with Crippen LogP contribution in [0.25, 0.3) is 0 Å². The SMILES string of the molecule is CC(=Nc1cc(OC(C)C)ccc1C)c1ccc(O)cc1Cl.CCc1ccccc1. The van der Waals surface area contributed by atoms with Gasteiger partial charge in [0.25, 0.3) is 0 Å². The van der Waals surface area contributed by atoms with E-state index in [0.717, 1.165) is 34.7 Å². The summed E-state index contributed by atoms with van der Waals surface area (Å²) in [6.07, 6.45) is 1.26. The van der Waals surface area contributed by atoms with E-state index in [1.807, 2.05) is 52.0 Å². The van der Waals surface area contributed by atoms with Gasteiger partial charge in [-0.25, -0.2) is 0 Å². The van der Waals surface area contributed by atoms with E-state index in [2.05, 4.69) is 36.2 Å². The maximum Gasteiger partial charge on any atom is 0.121 e. The zero-order chi connectivity index (χ0) is 22.1. The molecule has 158 valence electrons. The average Bonchev–Trinajstić information content (AvgIpc) is 2.71. The van der Waals surface area contributed by atoms with E-state index in [-0.39, 0.29) is 11.9 Å². The Kier molecular flexibility index (Phi) is 8.94. The highest BCUT2D eigenvalue weighted by Gasteiger charge is 2.07. The van der Waals surface area contributed by atoms with Crippen LogP contribution in [0.4, 0.5) is 5.69 Å². The van der Waals surface area contributed by atoms with Crippen molar-refractivity contribution < 1.29 is 9.84 Å². The van der Waals surface area contributed by atoms with Crippen LogP contribution in [0.15, 0.2) is 71.7 Å². The fourth-order valence-electron chi connectivity index (χ4n) is 2.81. The monoisotopic (exact) mass is 423 g/mol. The first kappa shape index (κ1) is 23.5. The summed E-state index contributed by atoms with van der Waals surface area (Å²) in [7, 11) is 0. The van der Waals surface area contributed by atoms with E-state index in [4.69, 9.17) is 16.3 Å². The highest BCUT2D eigenvalue weighted by Crippen LogP contribution is 2.28. The molecule has 1 N–H and O–H groups in total. The summed E-state index contributed by atoms with van der Waals surface area (Å²) < 4.78 is 5.71. The molecule has 0 bridgehead atoms. The number of rotatable bonds is 5. The van der Waals surface area contributed by atoms with Gasteiger partial charge in [0, 0.05) is 17.3 Å². The molecule has 0 radical (unpaired) electrons. The third-order valence-electron chi connectivity index (χ3n) is 4.43. The molecule has 0 aliphatic rings. The summed E-state index contributed by atoms with van der Waals surface area (Å²) in [5.41, 5.74) is 4.90. The molecular weight excluding hydrogens is 394 g/mol. The molecule has 0 aliphatic heterocycles. The third kappa shape index (κ3) is 7.23. The number of nitrogens with zero attached hydrogens (tertiary/aromatic N) is 1. The zero-order valence-electron chi connectivity index (χ0n) is 18.3. The van der Waals surface area contributed by atoms with E-state index >= 15 is 0 Å². The number of hydrogen-bond acceptors (Lipinski definition) is 3. The summed E-state index contributed by atoms with van der Waals surface area (Å²) in [6.45, 7) is 10.0. The second-order valence-corrected chi connectivity index (χ2v) is 7.72. The number of halogens is 1. The zero-order valence-corrected chi connectivity index (χ0v) is 19.1. The molecule has 3 aromatic rings. The van der Waals surface area contributed by atoms with Gasteiger partial charge >= 0.3 is 0 Å². The summed E-state index contributed by atoms with van der Waals surface area (Å²) in [4.78, 5) is 4.66. The first-order chi connectivity index (χ1) is 14.3. The Bertz CT molecular complexity index is 982. The molecule has 0 saturated heterocycles. The van der Waals surface area contributed by atoms with E-state index < -0.39 is 0 Å². The van der Waals surface area contributed by atoms with Gasteiger partial charge in [0.05, 0.1) is 16.8 Å². The smallest absolute Gasteiger partial charge is 0.121 e. The van der Waals surface area contributed by atoms with Gasteiger partial charge in [0.2, 0.25) is 0 Å². The number of aromatic hydroxyl groups is 1. The Labute approximate surface area is 185 Å². The lowest BCUT2D eigenvalue weighted by Gasteiger charge is -2.12. The molecule has 0 aliphatic carbocycles. The van der Waals surface area contributed by atoms with E-state index in [1.54, 1.807) is 12.1 Å². The van der Waals surface area contributed by atoms with Gasteiger partial charge in [-0.1, -0.05) is 54.9 Å². The Balaban J connectivity index is 0.000000335. The molecule has 4 heteroatoms. The van der Waals surface area contributed by atoms with Gasteiger partial charge in [-0.2, -0.15) is 0 Å². The van der Waals surface area contributed by atoms with E-state index in [9.17, 15) is 5.11 Å². The van der Waals surface area contributed by atoms with Gasteiger partial charge in [-0.3, -0.25) is 4.99 Å². The van der Waals surface area contributed by atoms with Crippen molar-refractivity contribution in [2.75, 3.05) is 0 Å². The lowest BCUT2D eigenvalue weighted by molar-refractivity contribution is 0.242. The van der Waals surface area contributed by atoms with Gasteiger partial charge in [0.15, 0.2) is 0 Å². The van der Waals surface area contributed by atoms with Gasteiger partial charge < -0.3 is 9.84 Å². The van der Waals surface area contributed by atoms with Crippen LogP contribution in [0.5, 0.6) is 11.5 Å². The fourth-order valence-corrected chi connectivity index (χ4v) is 3.12. The van der Waals surface area contributed by atoms with Gasteiger partial charge in [0.1, 0.15) is 11.5 Å². The highest BCUT2D eigenvalue weighted by molar-refractivity contribution is 6.34. The van der Waals surface area contributed by atoms with Crippen LogP contribution in [0.3, 0.4) is 0 Å². The number of hydrogen-bond donors (Lipinski definition) is 1. The molecule has 0 atom stereocenters. The largest absolute Gasteiger partial charge is 0.508 e. The summed E-state index contributed by atoms with van der Waals surface area (Å²) in [6, 6.07) is 21.2. The Morgan fingerprint density at radius 3 is 2.30 bits per heavy atom. The van der Waals surface area contributed by atoms with Crippen LogP contribution in [-0.4, -0.2) is 16.9 Å². The van der Waals surface area contributed by atoms with Crippen molar-refractivity contribution in [2.24, 2.45) is 4.99 Å². The predicted octanol–water partition coefficient (Wildman–Crippen LogP) is 7.53. The van der Waals surface area contributed by atoms with Crippen LogP contribution in [-0.2, 0) is 6.42 Å². The van der Waals surface area contributed by atoms with Crippen molar-refractivity contribution >= 4 is 23.0 Å². The van der Waals surface area contributed by atoms with Crippen LogP contribution in [0, 0.1) is 6.92 Å². The third-order valence-corrected chi connectivity index (χ3v) is 4.75. The molecule has 0 unspecified atom stereocenters. The summed E-state index contributed by atoms with van der Waals surface area (Å²) >= 11 is 6.16. The maximum absolute atomic E-state index is 9.43. The van der Waals surface area contributed by atoms with E-state index in [0.29, 0.717) is 5.02 Å². The normalized spacial score (nSPS) is 11.1. The molecule has 3 rings (SSSR count). The van der Waals surface area contributed by atoms with Crippen molar-refractivity contribution in [3.05, 3.63) is 88.4 Å². The Morgan fingerprint density at radius 1 is 1.03 bits per heavy atom. The number of benzene rings is 3. The molecule has 0 heterocycles. The topological polar surface area (TPSA) is 41.8 Å². The molecule has 30 heavy (non-hydrogen) atoms. The molecule has 0 saturated carbocycles. The average molecular weight is 424 g/mol. The molecule has 0 fully saturated rings. The van der Waals surface area contributed by atoms with Crippen LogP contribution >= 0.6 is 11.6 Å². The number of aliphatic imine (C=N–C) groups is 1. The quantitative estimate of drug-likeness (QED) is 0.431. The van der Waals surface area contributed by atoms with Crippen LogP contribution < -0.4 is 4.74 Å². The lowest BCUT2D eigenvalue weighted by Crippen LogP contribution is -2.05. The second kappa shape index (κ2) is 11.4. The summed E-state index contributed by atoms with van der Waals surface area (Å²) in [5, 5.41) is 9.91. The molecule has 3 aromatic carbocycles. The predicted molar refractivity (Wildman–Crippen MR) is 128 cm³/mol. The second-order valence-electron chi connectivity index (χ2n) is 7.32. The molecule has 0 spiro atoms. The first-order valence-corrected chi connectivity index (χ1v) is 10.5. The minimum absolute atomic E-state index is 0.118. The Morgan fingerprint density at radius 2 is 1.73 bits per heavy atom. The highest BCUT2D eigenvalue weighted by atomic mass is 35.5. The van der Waals surface area contributed by atoms with Gasteiger partial charge in [-0.15, -0.1) is 0 Å². The number of aryl methyl sites for hydroxylation is 2. The fraction of sp³-hybridized carbons (Fsp3) is 0.269. The van der Waals surface area contributed by atoms with Crippen molar-refractivity contribution in [3.8, 4) is 11.5 Å². The molecule has 3 nitrogen and oxygen atoms in total. The van der Waals surface area contributed by atoms with Crippen molar-refractivity contribution in [1.82, 2.24) is 0 Å². The summed E-state index contributed by atoms with van der Waals surface area (Å²) in [5.74, 6) is 0.939. The molecule has 0 aromatic heterocycles. The van der Waals surface area contributed by atoms with Crippen molar-refractivity contribution in [2.45, 2.75) is 47.1 Å². The molecule has 0 amide bonds.